The summed E-state index contributed by atoms with van der Waals surface area (Å²) in [6, 6.07) is 0. The maximum Gasteiger partial charge on any atom is 0.161 e. The molecule has 0 aromatic rings. The van der Waals surface area contributed by atoms with Crippen molar-refractivity contribution in [1.29, 1.82) is 0 Å². The van der Waals surface area contributed by atoms with Crippen molar-refractivity contribution < 1.29 is 19.2 Å². The fourth-order valence-corrected chi connectivity index (χ4v) is 3.66. The Morgan fingerprint density at radius 2 is 1.82 bits per heavy atom. The van der Waals surface area contributed by atoms with Gasteiger partial charge < -0.3 is 0 Å². The minimum Gasteiger partial charge on any atom is -0.299 e. The van der Waals surface area contributed by atoms with Gasteiger partial charge in [-0.2, -0.15) is 0 Å². The molecule has 1 fully saturated rings. The standard InChI is InChI=1S/C18H28O4/c1-5-7-11(3)9-13-10-15(21)16(12(4)19)18(22)17(13)14(20)8-6-2/h11,13,16-17H,5-10H2,1-4H3. The molecule has 1 rings (SSSR count). The molecule has 0 aromatic carbocycles. The van der Waals surface area contributed by atoms with Crippen molar-refractivity contribution in [3.05, 3.63) is 0 Å². The molecule has 0 aromatic heterocycles. The lowest BCUT2D eigenvalue weighted by molar-refractivity contribution is -0.149. The van der Waals surface area contributed by atoms with Gasteiger partial charge in [-0.25, -0.2) is 0 Å². The van der Waals surface area contributed by atoms with Crippen LogP contribution in [0.1, 0.15) is 66.2 Å². The van der Waals surface area contributed by atoms with Crippen LogP contribution in [0.2, 0.25) is 0 Å². The van der Waals surface area contributed by atoms with Gasteiger partial charge in [0.05, 0.1) is 5.92 Å². The Balaban J connectivity index is 3.02. The third kappa shape index (κ3) is 4.34. The van der Waals surface area contributed by atoms with Crippen molar-refractivity contribution in [1.82, 2.24) is 0 Å². The molecule has 4 heteroatoms. The highest BCUT2D eigenvalue weighted by Gasteiger charge is 2.47. The van der Waals surface area contributed by atoms with Gasteiger partial charge in [-0.05, 0) is 31.6 Å². The van der Waals surface area contributed by atoms with E-state index in [4.69, 9.17) is 0 Å². The molecule has 0 N–H and O–H groups in total. The van der Waals surface area contributed by atoms with E-state index in [-0.39, 0.29) is 23.9 Å². The largest absolute Gasteiger partial charge is 0.299 e. The minimum absolute atomic E-state index is 0.0973. The number of carbonyl (C=O) groups is 4. The van der Waals surface area contributed by atoms with Crippen molar-refractivity contribution in [2.75, 3.05) is 0 Å². The molecule has 0 radical (unpaired) electrons. The summed E-state index contributed by atoms with van der Waals surface area (Å²) in [5.74, 6) is -3.08. The molecule has 124 valence electrons. The van der Waals surface area contributed by atoms with E-state index < -0.39 is 23.4 Å². The molecule has 0 amide bonds. The van der Waals surface area contributed by atoms with Crippen molar-refractivity contribution in [3.8, 4) is 0 Å². The first-order valence-corrected chi connectivity index (χ1v) is 8.42. The van der Waals surface area contributed by atoms with Crippen molar-refractivity contribution in [3.63, 3.8) is 0 Å². The van der Waals surface area contributed by atoms with Crippen LogP contribution in [0.15, 0.2) is 0 Å². The summed E-state index contributed by atoms with van der Waals surface area (Å²) < 4.78 is 0. The van der Waals surface area contributed by atoms with Crippen LogP contribution in [0.25, 0.3) is 0 Å². The molecule has 1 saturated carbocycles. The van der Waals surface area contributed by atoms with Gasteiger partial charge in [0.25, 0.3) is 0 Å². The van der Waals surface area contributed by atoms with Crippen LogP contribution in [0.5, 0.6) is 0 Å². The lowest BCUT2D eigenvalue weighted by Gasteiger charge is -2.33. The van der Waals surface area contributed by atoms with Gasteiger partial charge in [0.1, 0.15) is 17.5 Å². The smallest absolute Gasteiger partial charge is 0.161 e. The SMILES string of the molecule is CCCC(=O)C1C(=O)C(C(C)=O)C(=O)CC1CC(C)CCC. The highest BCUT2D eigenvalue weighted by Crippen LogP contribution is 2.36. The summed E-state index contributed by atoms with van der Waals surface area (Å²) in [7, 11) is 0. The number of hydrogen-bond donors (Lipinski definition) is 0. The van der Waals surface area contributed by atoms with Crippen LogP contribution in [0.4, 0.5) is 0 Å². The average molecular weight is 308 g/mol. The molecule has 0 aliphatic heterocycles. The Kier molecular flexibility index (Phi) is 7.11. The first-order valence-electron chi connectivity index (χ1n) is 8.42. The zero-order valence-electron chi connectivity index (χ0n) is 14.2. The highest BCUT2D eigenvalue weighted by atomic mass is 16.2. The van der Waals surface area contributed by atoms with Gasteiger partial charge >= 0.3 is 0 Å². The number of Topliss-reactive ketones (excluding diaryl/α,β-unsaturated/α-hetero) is 4. The average Bonchev–Trinajstić information content (AvgIpc) is 2.37. The summed E-state index contributed by atoms with van der Waals surface area (Å²) in [5.41, 5.74) is 0. The van der Waals surface area contributed by atoms with E-state index >= 15 is 0 Å². The predicted molar refractivity (Wildman–Crippen MR) is 84.4 cm³/mol. The van der Waals surface area contributed by atoms with E-state index in [1.54, 1.807) is 0 Å². The molecular weight excluding hydrogens is 280 g/mol. The number of ketones is 4. The second-order valence-corrected chi connectivity index (χ2v) is 6.70. The summed E-state index contributed by atoms with van der Waals surface area (Å²) in [5, 5.41) is 0. The first-order chi connectivity index (χ1) is 10.3. The lowest BCUT2D eigenvalue weighted by Crippen LogP contribution is -2.47. The van der Waals surface area contributed by atoms with E-state index in [9.17, 15) is 19.2 Å². The second kappa shape index (κ2) is 8.35. The zero-order chi connectivity index (χ0) is 16.9. The molecule has 0 saturated heterocycles. The Morgan fingerprint density at radius 1 is 1.18 bits per heavy atom. The maximum atomic E-state index is 12.6. The summed E-state index contributed by atoms with van der Waals surface area (Å²) in [4.78, 5) is 48.8. The molecule has 4 unspecified atom stereocenters. The quantitative estimate of drug-likeness (QED) is 0.646. The fraction of sp³-hybridized carbons (Fsp3) is 0.778. The molecule has 22 heavy (non-hydrogen) atoms. The summed E-state index contributed by atoms with van der Waals surface area (Å²) >= 11 is 0. The molecule has 0 spiro atoms. The van der Waals surface area contributed by atoms with Crippen LogP contribution in [-0.4, -0.2) is 23.1 Å². The molecule has 4 atom stereocenters. The van der Waals surface area contributed by atoms with Gasteiger partial charge in [0.2, 0.25) is 0 Å². The van der Waals surface area contributed by atoms with Crippen molar-refractivity contribution in [2.45, 2.75) is 66.2 Å². The zero-order valence-corrected chi connectivity index (χ0v) is 14.2. The van der Waals surface area contributed by atoms with E-state index in [0.717, 1.165) is 12.8 Å². The molecule has 1 aliphatic rings. The fourth-order valence-electron chi connectivity index (χ4n) is 3.66. The predicted octanol–water partition coefficient (Wildman–Crippen LogP) is 3.16. The molecule has 0 heterocycles. The van der Waals surface area contributed by atoms with Crippen LogP contribution in [0, 0.1) is 23.7 Å². The second-order valence-electron chi connectivity index (χ2n) is 6.70. The number of rotatable bonds is 8. The van der Waals surface area contributed by atoms with E-state index in [0.29, 0.717) is 25.2 Å². The lowest BCUT2D eigenvalue weighted by atomic mass is 9.66. The van der Waals surface area contributed by atoms with Crippen LogP contribution in [-0.2, 0) is 19.2 Å². The summed E-state index contributed by atoms with van der Waals surface area (Å²) in [6.45, 7) is 7.35. The third-order valence-corrected chi connectivity index (χ3v) is 4.58. The Morgan fingerprint density at radius 3 is 2.32 bits per heavy atom. The van der Waals surface area contributed by atoms with Gasteiger partial charge in [-0.15, -0.1) is 0 Å². The van der Waals surface area contributed by atoms with Gasteiger partial charge in [0, 0.05) is 12.8 Å². The summed E-state index contributed by atoms with van der Waals surface area (Å²) in [6.07, 6.45) is 3.97. The van der Waals surface area contributed by atoms with E-state index in [1.807, 2.05) is 6.92 Å². The molecule has 4 nitrogen and oxygen atoms in total. The molecule has 1 aliphatic carbocycles. The highest BCUT2D eigenvalue weighted by molar-refractivity contribution is 6.24. The van der Waals surface area contributed by atoms with Crippen molar-refractivity contribution in [2.24, 2.45) is 23.7 Å². The topological polar surface area (TPSA) is 68.3 Å². The van der Waals surface area contributed by atoms with Crippen molar-refractivity contribution >= 4 is 23.1 Å². The first kappa shape index (κ1) is 18.7. The number of hydrogen-bond acceptors (Lipinski definition) is 4. The van der Waals surface area contributed by atoms with Crippen LogP contribution < -0.4 is 0 Å². The van der Waals surface area contributed by atoms with Crippen LogP contribution >= 0.6 is 0 Å². The van der Waals surface area contributed by atoms with Crippen LogP contribution in [0.3, 0.4) is 0 Å². The monoisotopic (exact) mass is 308 g/mol. The maximum absolute atomic E-state index is 12.6. The van der Waals surface area contributed by atoms with Gasteiger partial charge in [-0.3, -0.25) is 19.2 Å². The minimum atomic E-state index is -1.21. The number of carbonyl (C=O) groups excluding carboxylic acids is 4. The van der Waals surface area contributed by atoms with E-state index in [2.05, 4.69) is 13.8 Å². The molecule has 0 bridgehead atoms. The Hall–Kier alpha value is -1.32. The van der Waals surface area contributed by atoms with E-state index in [1.165, 1.54) is 6.92 Å². The van der Waals surface area contributed by atoms with Gasteiger partial charge in [-0.1, -0.05) is 33.6 Å². The molecular formula is C18H28O4. The van der Waals surface area contributed by atoms with Gasteiger partial charge in [0.15, 0.2) is 11.6 Å². The Labute approximate surface area is 133 Å². The third-order valence-electron chi connectivity index (χ3n) is 4.58. The Bertz CT molecular complexity index is 452. The normalized spacial score (nSPS) is 26.8.